The van der Waals surface area contributed by atoms with Gasteiger partial charge in [-0.15, -0.1) is 0 Å². The van der Waals surface area contributed by atoms with Crippen molar-refractivity contribution in [2.75, 3.05) is 38.0 Å². The third-order valence-corrected chi connectivity index (χ3v) is 7.92. The number of sulfonamides is 1. The van der Waals surface area contributed by atoms with Gasteiger partial charge >= 0.3 is 0 Å². The molecule has 1 aromatic heterocycles. The van der Waals surface area contributed by atoms with E-state index in [-0.39, 0.29) is 33.3 Å². The Morgan fingerprint density at radius 2 is 1.87 bits per heavy atom. The molecule has 39 heavy (non-hydrogen) atoms. The Morgan fingerprint density at radius 3 is 2.62 bits per heavy atom. The molecule has 1 aliphatic heterocycles. The van der Waals surface area contributed by atoms with Gasteiger partial charge in [0.15, 0.2) is 0 Å². The lowest BCUT2D eigenvalue weighted by molar-refractivity contribution is 0.0624. The number of fused-ring (bicyclic) bond motifs is 1. The number of nitrogens with one attached hydrogen (secondary N) is 1. The monoisotopic (exact) mass is 550 g/mol. The van der Waals surface area contributed by atoms with Gasteiger partial charge in [-0.3, -0.25) is 14.4 Å². The first-order valence-electron chi connectivity index (χ1n) is 12.1. The van der Waals surface area contributed by atoms with Crippen LogP contribution in [0.2, 0.25) is 0 Å². The van der Waals surface area contributed by atoms with Gasteiger partial charge < -0.3 is 9.64 Å². The van der Waals surface area contributed by atoms with E-state index in [0.717, 1.165) is 6.07 Å². The van der Waals surface area contributed by atoms with Crippen molar-refractivity contribution in [1.29, 1.82) is 0 Å². The summed E-state index contributed by atoms with van der Waals surface area (Å²) in [5.41, 5.74) is 1.17. The minimum Gasteiger partial charge on any atom is -0.496 e. The second kappa shape index (κ2) is 10.8. The molecule has 8 nitrogen and oxygen atoms in total. The molecule has 1 amide bonds. The number of aromatic nitrogens is 1. The number of hydrogen-bond donors (Lipinski definition) is 1. The second-order valence-corrected chi connectivity index (χ2v) is 10.7. The molecule has 2 heterocycles. The van der Waals surface area contributed by atoms with Crippen molar-refractivity contribution in [2.45, 2.75) is 11.4 Å². The number of carbonyl (C=O) groups excluding carboxylic acids is 1. The standard InChI is InChI=1S/C28H24F2N4O4S/c1-38-25-17-22(32-39(36,37)26-6-2-4-19-5-3-11-31-27(19)26)9-10-23(25)28(35)34-14-12-33(13-15-34)18-20-7-8-21(29)16-24(20)30/h2,4,6-11,16-17,32H,12-15,18H2,1H3. The van der Waals surface area contributed by atoms with Crippen molar-refractivity contribution >= 4 is 32.5 Å². The topological polar surface area (TPSA) is 91.8 Å². The summed E-state index contributed by atoms with van der Waals surface area (Å²) in [5.74, 6) is -1.26. The number of carbonyl (C=O) groups is 1. The van der Waals surface area contributed by atoms with E-state index in [1.165, 1.54) is 49.7 Å². The summed E-state index contributed by atoms with van der Waals surface area (Å²) in [6.07, 6.45) is 1.35. The fourth-order valence-electron chi connectivity index (χ4n) is 4.49. The first-order chi connectivity index (χ1) is 18.7. The Labute approximate surface area is 224 Å². The molecule has 5 rings (SSSR count). The lowest BCUT2D eigenvalue weighted by Crippen LogP contribution is -2.48. The van der Waals surface area contributed by atoms with E-state index in [2.05, 4.69) is 21.8 Å². The average Bonchev–Trinajstić information content (AvgIpc) is 2.94. The lowest BCUT2D eigenvalue weighted by Gasteiger charge is -2.35. The number of hydrogen-bond acceptors (Lipinski definition) is 6. The third-order valence-electron chi connectivity index (χ3n) is 6.51. The van der Waals surface area contributed by atoms with Gasteiger partial charge in [0, 0.05) is 50.4 Å². The van der Waals surface area contributed by atoms with E-state index in [4.69, 9.17) is 4.74 Å². The van der Waals surface area contributed by atoms with Gasteiger partial charge in [0.2, 0.25) is 0 Å². The Bertz CT molecular complexity index is 1630. The number of para-hydroxylation sites is 1. The van der Waals surface area contributed by atoms with Gasteiger partial charge in [0.1, 0.15) is 22.3 Å². The van der Waals surface area contributed by atoms with Crippen LogP contribution in [0.3, 0.4) is 0 Å². The number of benzene rings is 3. The van der Waals surface area contributed by atoms with Crippen LogP contribution in [0.1, 0.15) is 15.9 Å². The van der Waals surface area contributed by atoms with Crippen molar-refractivity contribution in [1.82, 2.24) is 14.8 Å². The summed E-state index contributed by atoms with van der Waals surface area (Å²) in [7, 11) is -2.60. The number of anilines is 1. The smallest absolute Gasteiger partial charge is 0.264 e. The van der Waals surface area contributed by atoms with Crippen LogP contribution in [0.4, 0.5) is 14.5 Å². The summed E-state index contributed by atoms with van der Waals surface area (Å²) in [5, 5.41) is 0.516. The Morgan fingerprint density at radius 1 is 1.08 bits per heavy atom. The molecule has 11 heteroatoms. The number of nitrogens with zero attached hydrogens (tertiary/aromatic N) is 3. The Hall–Kier alpha value is -4.27. The average molecular weight is 551 g/mol. The van der Waals surface area contributed by atoms with E-state index >= 15 is 0 Å². The maximum atomic E-state index is 14.0. The van der Waals surface area contributed by atoms with Crippen LogP contribution >= 0.6 is 0 Å². The van der Waals surface area contributed by atoms with E-state index in [0.29, 0.717) is 43.7 Å². The van der Waals surface area contributed by atoms with Gasteiger partial charge in [-0.1, -0.05) is 18.2 Å². The molecule has 4 aromatic rings. The van der Waals surface area contributed by atoms with E-state index in [1.54, 1.807) is 17.0 Å². The first-order valence-corrected chi connectivity index (χ1v) is 13.6. The number of methoxy groups -OCH3 is 1. The SMILES string of the molecule is COc1cc(NS(=O)(=O)c2cccc3c#ccnc23)ccc1C(=O)N1CCN(Cc2ccc(F)cc2F)CC1. The van der Waals surface area contributed by atoms with Gasteiger partial charge in [0.05, 0.1) is 35.5 Å². The maximum absolute atomic E-state index is 14.0. The molecule has 0 unspecified atom stereocenters. The molecule has 0 bridgehead atoms. The van der Waals surface area contributed by atoms with Crippen LogP contribution in [-0.4, -0.2) is 62.4 Å². The predicted molar refractivity (Wildman–Crippen MR) is 141 cm³/mol. The molecule has 0 radical (unpaired) electrons. The second-order valence-electron chi connectivity index (χ2n) is 9.00. The molecule has 200 valence electrons. The number of ether oxygens (including phenoxy) is 1. The predicted octanol–water partition coefficient (Wildman–Crippen LogP) is 3.88. The number of rotatable bonds is 7. The zero-order valence-corrected chi connectivity index (χ0v) is 21.8. The highest BCUT2D eigenvalue weighted by Gasteiger charge is 2.26. The van der Waals surface area contributed by atoms with Crippen molar-refractivity contribution < 1.29 is 26.7 Å². The molecule has 0 saturated carbocycles. The highest BCUT2D eigenvalue weighted by Crippen LogP contribution is 2.28. The van der Waals surface area contributed by atoms with Gasteiger partial charge in [-0.05, 0) is 36.4 Å². The zero-order chi connectivity index (χ0) is 27.6. The molecule has 1 N–H and O–H groups in total. The maximum Gasteiger partial charge on any atom is 0.264 e. The minimum absolute atomic E-state index is 0.0113. The van der Waals surface area contributed by atoms with Gasteiger partial charge in [-0.2, -0.15) is 0 Å². The largest absolute Gasteiger partial charge is 0.496 e. The molecular weight excluding hydrogens is 526 g/mol. The van der Waals surface area contributed by atoms with Crippen LogP contribution in [0.5, 0.6) is 5.75 Å². The summed E-state index contributed by atoms with van der Waals surface area (Å²) in [4.78, 5) is 21.0. The van der Waals surface area contributed by atoms with Crippen LogP contribution in [0, 0.1) is 23.8 Å². The summed E-state index contributed by atoms with van der Waals surface area (Å²) < 4.78 is 61.4. The van der Waals surface area contributed by atoms with Crippen molar-refractivity contribution in [3.8, 4) is 5.75 Å². The van der Waals surface area contributed by atoms with E-state index < -0.39 is 21.7 Å². The van der Waals surface area contributed by atoms with Gasteiger partial charge in [0.25, 0.3) is 15.9 Å². The molecule has 0 spiro atoms. The molecule has 1 aliphatic rings. The minimum atomic E-state index is -4.01. The molecule has 1 fully saturated rings. The van der Waals surface area contributed by atoms with Crippen LogP contribution in [0.25, 0.3) is 10.9 Å². The van der Waals surface area contributed by atoms with E-state index in [9.17, 15) is 22.0 Å². The highest BCUT2D eigenvalue weighted by atomic mass is 32.2. The fraction of sp³-hybridized carbons (Fsp3) is 0.214. The number of piperazine rings is 1. The normalized spacial score (nSPS) is 14.2. The summed E-state index contributed by atoms with van der Waals surface area (Å²) in [6, 6.07) is 18.3. The summed E-state index contributed by atoms with van der Waals surface area (Å²) >= 11 is 0. The third kappa shape index (κ3) is 5.62. The van der Waals surface area contributed by atoms with E-state index in [1.807, 2.05) is 4.90 Å². The Balaban J connectivity index is 1.28. The van der Waals surface area contributed by atoms with Gasteiger partial charge in [-0.25, -0.2) is 22.2 Å². The summed E-state index contributed by atoms with van der Waals surface area (Å²) in [6.45, 7) is 2.15. The molecule has 1 saturated heterocycles. The fourth-order valence-corrected chi connectivity index (χ4v) is 5.71. The van der Waals surface area contributed by atoms with Crippen LogP contribution in [-0.2, 0) is 16.6 Å². The zero-order valence-electron chi connectivity index (χ0n) is 20.9. The van der Waals surface area contributed by atoms with Crippen molar-refractivity contribution in [3.05, 3.63) is 95.7 Å². The molecule has 3 aromatic carbocycles. The highest BCUT2D eigenvalue weighted by molar-refractivity contribution is 7.93. The molecule has 0 atom stereocenters. The van der Waals surface area contributed by atoms with Crippen LogP contribution in [0.15, 0.2) is 65.7 Å². The Kier molecular flexibility index (Phi) is 7.32. The van der Waals surface area contributed by atoms with Crippen molar-refractivity contribution in [2.24, 2.45) is 0 Å². The molecular formula is C28H24F2N4O4S. The first kappa shape index (κ1) is 26.3. The van der Waals surface area contributed by atoms with Crippen LogP contribution < -0.4 is 9.46 Å². The quantitative estimate of drug-likeness (QED) is 0.376. The molecule has 0 aliphatic carbocycles. The number of halogens is 2. The number of amides is 1. The van der Waals surface area contributed by atoms with Crippen molar-refractivity contribution in [3.63, 3.8) is 0 Å². The lowest BCUT2D eigenvalue weighted by atomic mass is 10.1.